The quantitative estimate of drug-likeness (QED) is 0.413. The minimum atomic E-state index is -0.667. The number of hydrogen-bond donors (Lipinski definition) is 0. The summed E-state index contributed by atoms with van der Waals surface area (Å²) < 4.78 is 0. The molecule has 72 valence electrons. The third-order valence-corrected chi connectivity index (χ3v) is 0. The first kappa shape index (κ1) is 17.5. The lowest BCUT2D eigenvalue weighted by atomic mass is 11.8. The Morgan fingerprint density at radius 1 is 1.00 bits per heavy atom. The van der Waals surface area contributed by atoms with Crippen LogP contribution in [-0.2, 0) is 0 Å². The smallest absolute Gasteiger partial charge is 0.0289 e. The fraction of sp³-hybridized carbons (Fsp3) is 0.667. The van der Waals surface area contributed by atoms with Gasteiger partial charge in [0.2, 0.25) is 0 Å². The molecule has 0 aromatic rings. The van der Waals surface area contributed by atoms with Crippen molar-refractivity contribution in [2.24, 2.45) is 0 Å². The third kappa shape index (κ3) is 4810. The van der Waals surface area contributed by atoms with Gasteiger partial charge in [-0.2, -0.15) is 0 Å². The molecule has 0 aliphatic heterocycles. The normalized spacial score (nSPS) is 10.6. The van der Waals surface area contributed by atoms with E-state index in [4.69, 9.17) is 0 Å². The summed E-state index contributed by atoms with van der Waals surface area (Å²) in [5.74, 6) is 7.49. The molecular weight excluding hydrogens is 171 g/mol. The Kier molecular flexibility index (Phi) is 9.48. The van der Waals surface area contributed by atoms with Crippen molar-refractivity contribution in [3.8, 4) is 0 Å². The highest BCUT2D eigenvalue weighted by atomic mass is 32.2. The van der Waals surface area contributed by atoms with Crippen molar-refractivity contribution in [2.45, 2.75) is 7.43 Å². The summed E-state index contributed by atoms with van der Waals surface area (Å²) in [5.41, 5.74) is 0. The molecule has 0 heterocycles. The zero-order chi connectivity index (χ0) is 9.00. The highest BCUT2D eigenvalue weighted by molar-refractivity contribution is 8.26. The Morgan fingerprint density at radius 2 is 1.00 bits per heavy atom. The van der Waals surface area contributed by atoms with Crippen LogP contribution in [0.5, 0.6) is 0 Å². The van der Waals surface area contributed by atoms with E-state index < -0.39 is 16.1 Å². The lowest BCUT2D eigenvalue weighted by molar-refractivity contribution is 2.11. The van der Waals surface area contributed by atoms with Gasteiger partial charge < -0.3 is 0 Å². The molecule has 0 amide bonds. The van der Waals surface area contributed by atoms with Gasteiger partial charge in [-0.15, -0.1) is 13.2 Å². The molecule has 0 bridgehead atoms. The molecule has 0 spiro atoms. The molecule has 0 atom stereocenters. The van der Waals surface area contributed by atoms with E-state index in [1.54, 1.807) is 0 Å². The Hall–Kier alpha value is 0.390. The van der Waals surface area contributed by atoms with Crippen molar-refractivity contribution < 1.29 is 0 Å². The fourth-order valence-electron chi connectivity index (χ4n) is 0. The zero-order valence-electron chi connectivity index (χ0n) is 7.98. The molecule has 0 aliphatic rings. The van der Waals surface area contributed by atoms with Crippen molar-refractivity contribution in [1.29, 1.82) is 0 Å². The monoisotopic (exact) mass is 196 g/mol. The summed E-state index contributed by atoms with van der Waals surface area (Å²) >= 11 is 0. The lowest BCUT2D eigenvalue weighted by Crippen LogP contribution is -1.62. The summed E-state index contributed by atoms with van der Waals surface area (Å²) in [6.07, 6.45) is 7.98. The average molecular weight is 196 g/mol. The molecule has 0 aromatic heterocycles. The van der Waals surface area contributed by atoms with Crippen molar-refractivity contribution in [2.75, 3.05) is 32.5 Å². The summed E-state index contributed by atoms with van der Waals surface area (Å²) in [6.45, 7) is 5.92. The standard InChI is InChI=1S/C4H11P.C4H10S.CH4/c2*1-5(2,3)4;/h1H2,2-4H3;1-2H2,3-4H3;1H4. The van der Waals surface area contributed by atoms with E-state index in [0.717, 1.165) is 0 Å². The minimum Gasteiger partial charge on any atom is -0.220 e. The maximum atomic E-state index is 3.88. The van der Waals surface area contributed by atoms with E-state index in [1.165, 1.54) is 0 Å². The second-order valence-electron chi connectivity index (χ2n) is 4.06. The molecule has 0 aromatic carbocycles. The predicted molar refractivity (Wildman–Crippen MR) is 72.2 cm³/mol. The minimum absolute atomic E-state index is 0. The van der Waals surface area contributed by atoms with Crippen LogP contribution in [0, 0.1) is 0 Å². The molecule has 0 radical (unpaired) electrons. The Labute approximate surface area is 74.5 Å². The van der Waals surface area contributed by atoms with Crippen LogP contribution in [0.3, 0.4) is 0 Å². The van der Waals surface area contributed by atoms with Gasteiger partial charge in [-0.25, -0.2) is 9.21 Å². The Bertz CT molecular complexity index is 187. The molecule has 0 rings (SSSR count). The molecule has 0 fully saturated rings. The Morgan fingerprint density at radius 3 is 1.00 bits per heavy atom. The molecule has 0 saturated heterocycles. The third-order valence-electron chi connectivity index (χ3n) is 0. The van der Waals surface area contributed by atoms with Crippen LogP contribution in [0.2, 0.25) is 0 Å². The predicted octanol–water partition coefficient (Wildman–Crippen LogP) is 2.88. The summed E-state index contributed by atoms with van der Waals surface area (Å²) in [5, 5.41) is 0. The highest BCUT2D eigenvalue weighted by Gasteiger charge is 1.79. The zero-order valence-corrected chi connectivity index (χ0v) is 9.69. The largest absolute Gasteiger partial charge is 0.220 e. The van der Waals surface area contributed by atoms with Crippen LogP contribution >= 0.6 is 16.1 Å². The summed E-state index contributed by atoms with van der Waals surface area (Å²) in [7, 11) is -0.667. The Balaban J connectivity index is -0.000000107. The van der Waals surface area contributed by atoms with Gasteiger partial charge in [0.15, 0.2) is 0 Å². The van der Waals surface area contributed by atoms with Gasteiger partial charge in [0, 0.05) is 0 Å². The van der Waals surface area contributed by atoms with E-state index in [2.05, 4.69) is 38.0 Å². The molecular formula is C9H25PS. The molecule has 0 nitrogen and oxygen atoms in total. The molecule has 0 N–H and O–H groups in total. The average Bonchev–Trinajstić information content (AvgIpc) is 1.12. The molecule has 0 aliphatic carbocycles. The summed E-state index contributed by atoms with van der Waals surface area (Å²) in [4.78, 5) is 0. The molecule has 0 saturated carbocycles. The second-order valence-corrected chi connectivity index (χ2v) is 12.2. The van der Waals surface area contributed by atoms with Crippen LogP contribution in [0.1, 0.15) is 7.43 Å². The maximum Gasteiger partial charge on any atom is -0.0289 e. The SMILES string of the molecule is C.C=P(C)(C)C.C=S(=C)(C)C. The van der Waals surface area contributed by atoms with Crippen molar-refractivity contribution in [3.63, 3.8) is 0 Å². The molecule has 0 unspecified atom stereocenters. The van der Waals surface area contributed by atoms with E-state index in [-0.39, 0.29) is 7.43 Å². The first-order chi connectivity index (χ1) is 4.00. The van der Waals surface area contributed by atoms with Gasteiger partial charge in [0.25, 0.3) is 0 Å². The van der Waals surface area contributed by atoms with E-state index in [9.17, 15) is 0 Å². The van der Waals surface area contributed by atoms with Crippen molar-refractivity contribution in [1.82, 2.24) is 0 Å². The maximum absolute atomic E-state index is 3.88. The van der Waals surface area contributed by atoms with Crippen molar-refractivity contribution in [3.05, 3.63) is 0 Å². The first-order valence-corrected chi connectivity index (χ1v) is 9.16. The van der Waals surface area contributed by atoms with Crippen LogP contribution in [-0.4, -0.2) is 50.5 Å². The van der Waals surface area contributed by atoms with E-state index in [0.29, 0.717) is 0 Å². The van der Waals surface area contributed by atoms with Crippen molar-refractivity contribution >= 4 is 34.1 Å². The first-order valence-electron chi connectivity index (χ1n) is 3.05. The van der Waals surface area contributed by atoms with Gasteiger partial charge in [0.05, 0.1) is 0 Å². The van der Waals surface area contributed by atoms with Crippen LogP contribution in [0.15, 0.2) is 0 Å². The molecule has 11 heavy (non-hydrogen) atoms. The van der Waals surface area contributed by atoms with E-state index in [1.807, 2.05) is 12.5 Å². The topological polar surface area (TPSA) is 0 Å². The van der Waals surface area contributed by atoms with Crippen LogP contribution < -0.4 is 0 Å². The lowest BCUT2D eigenvalue weighted by Gasteiger charge is -1.96. The van der Waals surface area contributed by atoms with Gasteiger partial charge >= 0.3 is 0 Å². The van der Waals surface area contributed by atoms with Crippen LogP contribution in [0.4, 0.5) is 0 Å². The number of rotatable bonds is 0. The van der Waals surface area contributed by atoms with E-state index >= 15 is 0 Å². The number of hydrogen-bond acceptors (Lipinski definition) is 0. The van der Waals surface area contributed by atoms with Gasteiger partial charge in [-0.1, -0.05) is 19.2 Å². The summed E-state index contributed by atoms with van der Waals surface area (Å²) in [6, 6.07) is 0. The highest BCUT2D eigenvalue weighted by Crippen LogP contribution is 2.27. The molecule has 2 heteroatoms. The van der Waals surface area contributed by atoms with Gasteiger partial charge in [-0.3, -0.25) is 0 Å². The van der Waals surface area contributed by atoms with Crippen LogP contribution in [0.25, 0.3) is 0 Å². The fourth-order valence-corrected chi connectivity index (χ4v) is 0. The van der Waals surface area contributed by atoms with Gasteiger partial charge in [0.1, 0.15) is 0 Å². The van der Waals surface area contributed by atoms with Gasteiger partial charge in [-0.05, 0) is 32.5 Å². The second kappa shape index (κ2) is 5.97.